The van der Waals surface area contributed by atoms with Crippen LogP contribution in [0.15, 0.2) is 36.2 Å². The van der Waals surface area contributed by atoms with Crippen LogP contribution < -0.4 is 0 Å². The fourth-order valence-corrected chi connectivity index (χ4v) is 2.76. The molecule has 0 saturated heterocycles. The Bertz CT molecular complexity index is 972. The van der Waals surface area contributed by atoms with Gasteiger partial charge in [-0.15, -0.1) is 0 Å². The van der Waals surface area contributed by atoms with Crippen molar-refractivity contribution in [1.29, 1.82) is 0 Å². The standard InChI is InChI=1S/C17H16F2N4O2/c1-3-10(17(24)25)9-12-13(14(18)19)21-22(2)16(12)23-8-6-11-5-4-7-20-15(11)23/h4-9,14H,3H2,1-2H3,(H,24,25). The highest BCUT2D eigenvalue weighted by atomic mass is 19.3. The number of aryl methyl sites for hydroxylation is 1. The van der Waals surface area contributed by atoms with E-state index in [-0.39, 0.29) is 17.6 Å². The molecular weight excluding hydrogens is 330 g/mol. The van der Waals surface area contributed by atoms with E-state index >= 15 is 0 Å². The van der Waals surface area contributed by atoms with Gasteiger partial charge in [0.2, 0.25) is 0 Å². The van der Waals surface area contributed by atoms with Crippen LogP contribution in [0.1, 0.15) is 31.0 Å². The molecule has 25 heavy (non-hydrogen) atoms. The number of hydrogen-bond acceptors (Lipinski definition) is 3. The maximum atomic E-state index is 13.5. The summed E-state index contributed by atoms with van der Waals surface area (Å²) in [7, 11) is 1.54. The molecule has 6 nitrogen and oxygen atoms in total. The molecule has 0 atom stereocenters. The Balaban J connectivity index is 2.32. The number of carboxylic acid groups (broad SMARTS) is 1. The van der Waals surface area contributed by atoms with E-state index in [0.29, 0.717) is 11.5 Å². The first-order valence-corrected chi connectivity index (χ1v) is 7.65. The number of carbonyl (C=O) groups is 1. The molecular formula is C17H16F2N4O2. The van der Waals surface area contributed by atoms with Gasteiger partial charge in [-0.2, -0.15) is 5.10 Å². The lowest BCUT2D eigenvalue weighted by molar-refractivity contribution is -0.132. The van der Waals surface area contributed by atoms with Crippen molar-refractivity contribution in [3.05, 3.63) is 47.4 Å². The molecule has 3 aromatic rings. The summed E-state index contributed by atoms with van der Waals surface area (Å²) in [5.74, 6) is -0.802. The Morgan fingerprint density at radius 1 is 1.40 bits per heavy atom. The monoisotopic (exact) mass is 346 g/mol. The number of alkyl halides is 2. The summed E-state index contributed by atoms with van der Waals surface area (Å²) in [5.41, 5.74) is 0.234. The van der Waals surface area contributed by atoms with Crippen LogP contribution in [0.3, 0.4) is 0 Å². The summed E-state index contributed by atoms with van der Waals surface area (Å²) < 4.78 is 29.9. The van der Waals surface area contributed by atoms with E-state index in [0.717, 1.165) is 5.39 Å². The van der Waals surface area contributed by atoms with Crippen molar-refractivity contribution < 1.29 is 18.7 Å². The summed E-state index contributed by atoms with van der Waals surface area (Å²) in [6.45, 7) is 1.66. The predicted octanol–water partition coefficient (Wildman–Crippen LogP) is 3.57. The summed E-state index contributed by atoms with van der Waals surface area (Å²) in [6.07, 6.45) is 1.95. The van der Waals surface area contributed by atoms with Crippen LogP contribution in [-0.4, -0.2) is 30.4 Å². The Morgan fingerprint density at radius 3 is 2.80 bits per heavy atom. The number of nitrogens with zero attached hydrogens (tertiary/aromatic N) is 4. The number of aromatic nitrogens is 4. The highest BCUT2D eigenvalue weighted by molar-refractivity contribution is 5.93. The maximum absolute atomic E-state index is 13.5. The third kappa shape index (κ3) is 2.90. The third-order valence-electron chi connectivity index (χ3n) is 3.94. The second-order valence-electron chi connectivity index (χ2n) is 5.48. The first kappa shape index (κ1) is 16.8. The normalized spacial score (nSPS) is 12.3. The lowest BCUT2D eigenvalue weighted by Crippen LogP contribution is -2.05. The van der Waals surface area contributed by atoms with Crippen LogP contribution in [0.4, 0.5) is 8.78 Å². The van der Waals surface area contributed by atoms with Gasteiger partial charge < -0.3 is 5.11 Å². The Morgan fingerprint density at radius 2 is 2.16 bits per heavy atom. The van der Waals surface area contributed by atoms with Gasteiger partial charge in [-0.1, -0.05) is 6.92 Å². The molecule has 0 radical (unpaired) electrons. The minimum Gasteiger partial charge on any atom is -0.478 e. The van der Waals surface area contributed by atoms with Crippen LogP contribution in [-0.2, 0) is 11.8 Å². The molecule has 3 aromatic heterocycles. The zero-order valence-corrected chi connectivity index (χ0v) is 13.6. The van der Waals surface area contributed by atoms with E-state index in [1.54, 1.807) is 37.0 Å². The molecule has 8 heteroatoms. The average Bonchev–Trinajstić information content (AvgIpc) is 3.13. The van der Waals surface area contributed by atoms with Gasteiger partial charge in [-0.25, -0.2) is 18.6 Å². The fraction of sp³-hybridized carbons (Fsp3) is 0.235. The summed E-state index contributed by atoms with van der Waals surface area (Å²) in [6, 6.07) is 5.44. The van der Waals surface area contributed by atoms with Crippen molar-refractivity contribution >= 4 is 23.1 Å². The van der Waals surface area contributed by atoms with E-state index < -0.39 is 18.1 Å². The number of carboxylic acids is 1. The number of pyridine rings is 1. The quantitative estimate of drug-likeness (QED) is 0.717. The van der Waals surface area contributed by atoms with Crippen molar-refractivity contribution in [2.75, 3.05) is 0 Å². The van der Waals surface area contributed by atoms with Gasteiger partial charge >= 0.3 is 5.97 Å². The zero-order valence-electron chi connectivity index (χ0n) is 13.6. The largest absolute Gasteiger partial charge is 0.478 e. The van der Waals surface area contributed by atoms with Crippen LogP contribution in [0, 0.1) is 0 Å². The highest BCUT2D eigenvalue weighted by Gasteiger charge is 2.24. The van der Waals surface area contributed by atoms with Gasteiger partial charge in [0.05, 0.1) is 0 Å². The molecule has 3 rings (SSSR count). The average molecular weight is 346 g/mol. The maximum Gasteiger partial charge on any atom is 0.331 e. The summed E-state index contributed by atoms with van der Waals surface area (Å²) in [5, 5.41) is 14.0. The smallest absolute Gasteiger partial charge is 0.331 e. The first-order valence-electron chi connectivity index (χ1n) is 7.65. The number of halogens is 2. The molecule has 3 heterocycles. The molecule has 0 bridgehead atoms. The van der Waals surface area contributed by atoms with E-state index in [2.05, 4.69) is 10.1 Å². The molecule has 0 amide bonds. The van der Waals surface area contributed by atoms with Crippen LogP contribution in [0.25, 0.3) is 22.9 Å². The zero-order chi connectivity index (χ0) is 18.1. The highest BCUT2D eigenvalue weighted by Crippen LogP contribution is 2.31. The number of aliphatic carboxylic acids is 1. The van der Waals surface area contributed by atoms with Crippen LogP contribution in [0.2, 0.25) is 0 Å². The lowest BCUT2D eigenvalue weighted by atomic mass is 10.1. The van der Waals surface area contributed by atoms with E-state index in [1.165, 1.54) is 10.8 Å². The summed E-state index contributed by atoms with van der Waals surface area (Å²) >= 11 is 0. The second-order valence-corrected chi connectivity index (χ2v) is 5.48. The molecule has 0 spiro atoms. The lowest BCUT2D eigenvalue weighted by Gasteiger charge is -2.08. The molecule has 1 N–H and O–H groups in total. The van der Waals surface area contributed by atoms with Gasteiger partial charge in [-0.3, -0.25) is 9.25 Å². The minimum atomic E-state index is -2.83. The van der Waals surface area contributed by atoms with Gasteiger partial charge in [0.15, 0.2) is 0 Å². The second kappa shape index (κ2) is 6.46. The molecule has 0 aliphatic rings. The molecule has 0 aliphatic heterocycles. The van der Waals surface area contributed by atoms with Gasteiger partial charge in [-0.05, 0) is 30.7 Å². The molecule has 0 aliphatic carbocycles. The van der Waals surface area contributed by atoms with E-state index in [1.807, 2.05) is 12.1 Å². The van der Waals surface area contributed by atoms with Gasteiger partial charge in [0.1, 0.15) is 17.2 Å². The van der Waals surface area contributed by atoms with Crippen molar-refractivity contribution in [3.8, 4) is 5.82 Å². The Hall–Kier alpha value is -3.03. The van der Waals surface area contributed by atoms with Gasteiger partial charge in [0.25, 0.3) is 6.43 Å². The molecule has 0 saturated carbocycles. The van der Waals surface area contributed by atoms with Gasteiger partial charge in [0, 0.05) is 36.0 Å². The number of hydrogen-bond donors (Lipinski definition) is 1. The van der Waals surface area contributed by atoms with Crippen molar-refractivity contribution in [2.24, 2.45) is 7.05 Å². The molecule has 0 fully saturated rings. The van der Waals surface area contributed by atoms with Crippen molar-refractivity contribution in [1.82, 2.24) is 19.3 Å². The van der Waals surface area contributed by atoms with E-state index in [9.17, 15) is 18.7 Å². The van der Waals surface area contributed by atoms with Crippen molar-refractivity contribution in [2.45, 2.75) is 19.8 Å². The minimum absolute atomic E-state index is 0.0283. The third-order valence-corrected chi connectivity index (χ3v) is 3.94. The molecule has 0 aromatic carbocycles. The van der Waals surface area contributed by atoms with E-state index in [4.69, 9.17) is 0 Å². The Labute approximate surface area is 142 Å². The summed E-state index contributed by atoms with van der Waals surface area (Å²) in [4.78, 5) is 15.6. The Kier molecular flexibility index (Phi) is 4.35. The van der Waals surface area contributed by atoms with Crippen LogP contribution >= 0.6 is 0 Å². The molecule has 130 valence electrons. The number of fused-ring (bicyclic) bond motifs is 1. The van der Waals surface area contributed by atoms with Crippen LogP contribution in [0.5, 0.6) is 0 Å². The van der Waals surface area contributed by atoms with Crippen molar-refractivity contribution in [3.63, 3.8) is 0 Å². The molecule has 0 unspecified atom stereocenters. The number of rotatable bonds is 5. The fourth-order valence-electron chi connectivity index (χ4n) is 2.76. The predicted molar refractivity (Wildman–Crippen MR) is 88.7 cm³/mol. The first-order chi connectivity index (χ1) is 11.9. The topological polar surface area (TPSA) is 72.9 Å². The SMILES string of the molecule is CCC(=Cc1c(C(F)F)nn(C)c1-n1ccc2cccnc21)C(=O)O.